The van der Waals surface area contributed by atoms with Crippen molar-refractivity contribution in [1.82, 2.24) is 9.88 Å². The maximum absolute atomic E-state index is 12.2. The van der Waals surface area contributed by atoms with Crippen LogP contribution in [0.25, 0.3) is 10.9 Å². The van der Waals surface area contributed by atoms with Crippen LogP contribution in [0.1, 0.15) is 19.8 Å². The van der Waals surface area contributed by atoms with Crippen LogP contribution in [0.2, 0.25) is 0 Å². The number of carbonyl (C=O) groups excluding carboxylic acids is 1. The van der Waals surface area contributed by atoms with Crippen molar-refractivity contribution in [3.63, 3.8) is 0 Å². The van der Waals surface area contributed by atoms with E-state index in [9.17, 15) is 4.79 Å². The molecule has 2 amide bonds. The number of benzene rings is 1. The molecule has 2 aromatic rings. The molecule has 4 heteroatoms. The molecule has 1 atom stereocenters. The molecule has 1 aliphatic heterocycles. The second-order valence-electron chi connectivity index (χ2n) is 5.53. The summed E-state index contributed by atoms with van der Waals surface area (Å²) in [6.07, 6.45) is 4.08. The number of pyridine rings is 1. The summed E-state index contributed by atoms with van der Waals surface area (Å²) < 4.78 is 0. The highest BCUT2D eigenvalue weighted by molar-refractivity contribution is 5.92. The lowest BCUT2D eigenvalue weighted by atomic mass is 10.0. The van der Waals surface area contributed by atoms with Gasteiger partial charge in [0, 0.05) is 30.4 Å². The normalized spacial score (nSPS) is 19.1. The first kappa shape index (κ1) is 12.9. The number of rotatable bonds is 1. The van der Waals surface area contributed by atoms with Gasteiger partial charge in [0.05, 0.1) is 5.52 Å². The average Bonchev–Trinajstić information content (AvgIpc) is 2.47. The summed E-state index contributed by atoms with van der Waals surface area (Å²) >= 11 is 0. The fraction of sp³-hybridized carbons (Fsp3) is 0.375. The molecule has 1 saturated heterocycles. The van der Waals surface area contributed by atoms with Gasteiger partial charge in [0.1, 0.15) is 0 Å². The molecule has 0 radical (unpaired) electrons. The van der Waals surface area contributed by atoms with Crippen LogP contribution in [0, 0.1) is 5.92 Å². The SMILES string of the molecule is CC1CCCN(C(=O)Nc2ccc3ncccc3c2)C1. The Balaban J connectivity index is 1.73. The molecule has 0 saturated carbocycles. The standard InChI is InChI=1S/C16H19N3O/c1-12-4-3-9-19(11-12)16(20)18-14-6-7-15-13(10-14)5-2-8-17-15/h2,5-8,10,12H,3-4,9,11H2,1H3,(H,18,20). The number of anilines is 1. The van der Waals surface area contributed by atoms with E-state index in [2.05, 4.69) is 17.2 Å². The monoisotopic (exact) mass is 269 g/mol. The predicted octanol–water partition coefficient (Wildman–Crippen LogP) is 3.50. The van der Waals surface area contributed by atoms with Gasteiger partial charge in [0.25, 0.3) is 0 Å². The van der Waals surface area contributed by atoms with Gasteiger partial charge in [-0.15, -0.1) is 0 Å². The number of hydrogen-bond acceptors (Lipinski definition) is 2. The molecule has 1 N–H and O–H groups in total. The van der Waals surface area contributed by atoms with Crippen molar-refractivity contribution in [2.45, 2.75) is 19.8 Å². The Kier molecular flexibility index (Phi) is 3.54. The van der Waals surface area contributed by atoms with Gasteiger partial charge in [-0.1, -0.05) is 13.0 Å². The first-order chi connectivity index (χ1) is 9.72. The number of amides is 2. The molecule has 2 heterocycles. The third-order valence-electron chi connectivity index (χ3n) is 3.80. The number of piperidine rings is 1. The van der Waals surface area contributed by atoms with E-state index in [1.165, 1.54) is 6.42 Å². The summed E-state index contributed by atoms with van der Waals surface area (Å²) in [4.78, 5) is 18.4. The highest BCUT2D eigenvalue weighted by atomic mass is 16.2. The maximum Gasteiger partial charge on any atom is 0.321 e. The number of hydrogen-bond donors (Lipinski definition) is 1. The fourth-order valence-electron chi connectivity index (χ4n) is 2.73. The molecule has 104 valence electrons. The number of nitrogens with one attached hydrogen (secondary N) is 1. The van der Waals surface area contributed by atoms with Crippen LogP contribution >= 0.6 is 0 Å². The van der Waals surface area contributed by atoms with Crippen molar-refractivity contribution in [2.75, 3.05) is 18.4 Å². The topological polar surface area (TPSA) is 45.2 Å². The number of fused-ring (bicyclic) bond motifs is 1. The summed E-state index contributed by atoms with van der Waals surface area (Å²) in [7, 11) is 0. The van der Waals surface area contributed by atoms with Gasteiger partial charge in [0.15, 0.2) is 0 Å². The fourth-order valence-corrected chi connectivity index (χ4v) is 2.73. The van der Waals surface area contributed by atoms with E-state index in [0.29, 0.717) is 5.92 Å². The lowest BCUT2D eigenvalue weighted by Gasteiger charge is -2.30. The van der Waals surface area contributed by atoms with Gasteiger partial charge < -0.3 is 10.2 Å². The molecule has 1 fully saturated rings. The molecule has 0 aliphatic carbocycles. The molecule has 20 heavy (non-hydrogen) atoms. The van der Waals surface area contributed by atoms with Crippen molar-refractivity contribution < 1.29 is 4.79 Å². The van der Waals surface area contributed by atoms with Crippen LogP contribution in [0.15, 0.2) is 36.5 Å². The van der Waals surface area contributed by atoms with Crippen LogP contribution in [-0.2, 0) is 0 Å². The average molecular weight is 269 g/mol. The van der Waals surface area contributed by atoms with Crippen LogP contribution in [0.3, 0.4) is 0 Å². The molecule has 1 aromatic carbocycles. The van der Waals surface area contributed by atoms with Gasteiger partial charge >= 0.3 is 6.03 Å². The van der Waals surface area contributed by atoms with Crippen LogP contribution in [-0.4, -0.2) is 29.0 Å². The molecular formula is C16H19N3O. The predicted molar refractivity (Wildman–Crippen MR) is 80.7 cm³/mol. The molecule has 1 aliphatic rings. The Hall–Kier alpha value is -2.10. The highest BCUT2D eigenvalue weighted by Gasteiger charge is 2.20. The summed E-state index contributed by atoms with van der Waals surface area (Å²) in [5, 5.41) is 4.02. The first-order valence-corrected chi connectivity index (χ1v) is 7.13. The third-order valence-corrected chi connectivity index (χ3v) is 3.80. The highest BCUT2D eigenvalue weighted by Crippen LogP contribution is 2.19. The first-order valence-electron chi connectivity index (χ1n) is 7.13. The zero-order valence-corrected chi connectivity index (χ0v) is 11.7. The number of carbonyl (C=O) groups is 1. The molecule has 3 rings (SSSR count). The van der Waals surface area contributed by atoms with Gasteiger partial charge in [-0.05, 0) is 43.0 Å². The minimum atomic E-state index is -0.000194. The molecule has 0 spiro atoms. The van der Waals surface area contributed by atoms with E-state index < -0.39 is 0 Å². The van der Waals surface area contributed by atoms with E-state index in [-0.39, 0.29) is 6.03 Å². The Morgan fingerprint density at radius 2 is 2.30 bits per heavy atom. The number of nitrogens with zero attached hydrogens (tertiary/aromatic N) is 2. The van der Waals surface area contributed by atoms with Gasteiger partial charge in [0.2, 0.25) is 0 Å². The van der Waals surface area contributed by atoms with Crippen molar-refractivity contribution in [3.05, 3.63) is 36.5 Å². The number of aromatic nitrogens is 1. The second kappa shape index (κ2) is 5.49. The van der Waals surface area contributed by atoms with Crippen molar-refractivity contribution >= 4 is 22.6 Å². The zero-order chi connectivity index (χ0) is 13.9. The second-order valence-corrected chi connectivity index (χ2v) is 5.53. The van der Waals surface area contributed by atoms with E-state index in [1.807, 2.05) is 35.2 Å². The molecular weight excluding hydrogens is 250 g/mol. The number of urea groups is 1. The van der Waals surface area contributed by atoms with E-state index in [4.69, 9.17) is 0 Å². The minimum absolute atomic E-state index is 0.000194. The Labute approximate surface area is 118 Å². The minimum Gasteiger partial charge on any atom is -0.324 e. The van der Waals surface area contributed by atoms with Gasteiger partial charge in [-0.25, -0.2) is 4.79 Å². The summed E-state index contributed by atoms with van der Waals surface area (Å²) in [5.41, 5.74) is 1.77. The molecule has 1 unspecified atom stereocenters. The van der Waals surface area contributed by atoms with E-state index >= 15 is 0 Å². The van der Waals surface area contributed by atoms with Crippen LogP contribution in [0.4, 0.5) is 10.5 Å². The Bertz CT molecular complexity index is 626. The largest absolute Gasteiger partial charge is 0.324 e. The quantitative estimate of drug-likeness (QED) is 0.861. The Morgan fingerprint density at radius 1 is 1.40 bits per heavy atom. The van der Waals surface area contributed by atoms with Gasteiger partial charge in [-0.2, -0.15) is 0 Å². The molecule has 4 nitrogen and oxygen atoms in total. The molecule has 1 aromatic heterocycles. The molecule has 0 bridgehead atoms. The van der Waals surface area contributed by atoms with Crippen molar-refractivity contribution in [1.29, 1.82) is 0 Å². The van der Waals surface area contributed by atoms with E-state index in [0.717, 1.165) is 36.1 Å². The van der Waals surface area contributed by atoms with Crippen LogP contribution in [0.5, 0.6) is 0 Å². The van der Waals surface area contributed by atoms with E-state index in [1.54, 1.807) is 6.20 Å². The van der Waals surface area contributed by atoms with Crippen LogP contribution < -0.4 is 5.32 Å². The summed E-state index contributed by atoms with van der Waals surface area (Å²) in [6, 6.07) is 9.71. The number of likely N-dealkylation sites (tertiary alicyclic amines) is 1. The lowest BCUT2D eigenvalue weighted by Crippen LogP contribution is -2.41. The zero-order valence-electron chi connectivity index (χ0n) is 11.7. The van der Waals surface area contributed by atoms with Crippen molar-refractivity contribution in [3.8, 4) is 0 Å². The smallest absolute Gasteiger partial charge is 0.321 e. The lowest BCUT2D eigenvalue weighted by molar-refractivity contribution is 0.182. The summed E-state index contributed by atoms with van der Waals surface area (Å²) in [6.45, 7) is 3.90. The Morgan fingerprint density at radius 3 is 3.15 bits per heavy atom. The van der Waals surface area contributed by atoms with Crippen molar-refractivity contribution in [2.24, 2.45) is 5.92 Å². The van der Waals surface area contributed by atoms with Gasteiger partial charge in [-0.3, -0.25) is 4.98 Å². The maximum atomic E-state index is 12.2. The summed E-state index contributed by atoms with van der Waals surface area (Å²) in [5.74, 6) is 0.593. The third kappa shape index (κ3) is 2.74.